The van der Waals surface area contributed by atoms with Crippen molar-refractivity contribution in [2.75, 3.05) is 13.1 Å². The summed E-state index contributed by atoms with van der Waals surface area (Å²) in [5.74, 6) is 0. The smallest absolute Gasteiger partial charge is 0.275 e. The van der Waals surface area contributed by atoms with Gasteiger partial charge in [-0.3, -0.25) is 10.1 Å². The van der Waals surface area contributed by atoms with E-state index in [4.69, 9.17) is 17.3 Å². The summed E-state index contributed by atoms with van der Waals surface area (Å²) < 4.78 is 26.1. The highest BCUT2D eigenvalue weighted by Crippen LogP contribution is 2.29. The van der Waals surface area contributed by atoms with Crippen LogP contribution in [-0.2, 0) is 10.0 Å². The van der Waals surface area contributed by atoms with Crippen molar-refractivity contribution in [3.8, 4) is 0 Å². The predicted octanol–water partition coefficient (Wildman–Crippen LogP) is 1.18. The topological polar surface area (TPSA) is 115 Å². The Morgan fingerprint density at radius 3 is 2.63 bits per heavy atom. The zero-order chi connectivity index (χ0) is 14.6. The van der Waals surface area contributed by atoms with Crippen molar-refractivity contribution in [2.24, 2.45) is 5.73 Å². The summed E-state index contributed by atoms with van der Waals surface area (Å²) in [5.41, 5.74) is 5.16. The number of rotatable bonds is 6. The summed E-state index contributed by atoms with van der Waals surface area (Å²) in [7, 11) is -3.82. The van der Waals surface area contributed by atoms with E-state index in [1.54, 1.807) is 0 Å². The summed E-state index contributed by atoms with van der Waals surface area (Å²) in [4.78, 5) is 9.93. The van der Waals surface area contributed by atoms with Gasteiger partial charge in [-0.25, -0.2) is 13.1 Å². The van der Waals surface area contributed by atoms with Crippen LogP contribution in [0, 0.1) is 17.0 Å². The standard InChI is InChI=1S/C10H14ClN3O4S/c1-7-9(11)5-8(6-10(7)14(15)16)19(17,18)13-4-2-3-12/h5-6,13H,2-4,12H2,1H3. The average Bonchev–Trinajstić information content (AvgIpc) is 2.32. The fraction of sp³-hybridized carbons (Fsp3) is 0.400. The zero-order valence-corrected chi connectivity index (χ0v) is 11.8. The molecule has 7 nitrogen and oxygen atoms in total. The van der Waals surface area contributed by atoms with E-state index in [-0.39, 0.29) is 27.7 Å². The van der Waals surface area contributed by atoms with E-state index in [0.29, 0.717) is 13.0 Å². The highest BCUT2D eigenvalue weighted by molar-refractivity contribution is 7.89. The Morgan fingerprint density at radius 2 is 2.11 bits per heavy atom. The highest BCUT2D eigenvalue weighted by atomic mass is 35.5. The van der Waals surface area contributed by atoms with Gasteiger partial charge in [0, 0.05) is 18.2 Å². The predicted molar refractivity (Wildman–Crippen MR) is 71.7 cm³/mol. The van der Waals surface area contributed by atoms with Crippen LogP contribution in [0.4, 0.5) is 5.69 Å². The second kappa shape index (κ2) is 6.29. The van der Waals surface area contributed by atoms with Gasteiger partial charge in [0.05, 0.1) is 14.8 Å². The summed E-state index contributed by atoms with van der Waals surface area (Å²) in [6.45, 7) is 1.97. The van der Waals surface area contributed by atoms with Gasteiger partial charge in [0.1, 0.15) is 0 Å². The van der Waals surface area contributed by atoms with Gasteiger partial charge >= 0.3 is 0 Å². The van der Waals surface area contributed by atoms with Crippen LogP contribution in [0.3, 0.4) is 0 Å². The minimum absolute atomic E-state index is 0.0356. The maximum absolute atomic E-state index is 11.9. The van der Waals surface area contributed by atoms with E-state index in [2.05, 4.69) is 4.72 Å². The van der Waals surface area contributed by atoms with Crippen LogP contribution in [0.15, 0.2) is 17.0 Å². The molecule has 0 fully saturated rings. The van der Waals surface area contributed by atoms with Gasteiger partial charge in [0.25, 0.3) is 5.69 Å². The first kappa shape index (κ1) is 15.8. The maximum Gasteiger partial charge on any atom is 0.275 e. The van der Waals surface area contributed by atoms with Crippen molar-refractivity contribution >= 4 is 27.3 Å². The molecule has 0 unspecified atom stereocenters. The second-order valence-electron chi connectivity index (χ2n) is 3.85. The Labute approximate surface area is 115 Å². The van der Waals surface area contributed by atoms with Gasteiger partial charge in [-0.15, -0.1) is 0 Å². The molecule has 0 aliphatic carbocycles. The molecule has 0 heterocycles. The first-order valence-corrected chi connectivity index (χ1v) is 7.30. The Bertz CT molecular complexity index is 589. The maximum atomic E-state index is 11.9. The first-order valence-electron chi connectivity index (χ1n) is 5.44. The van der Waals surface area contributed by atoms with Gasteiger partial charge in [-0.2, -0.15) is 0 Å². The van der Waals surface area contributed by atoms with E-state index in [9.17, 15) is 18.5 Å². The lowest BCUT2D eigenvalue weighted by atomic mass is 10.2. The first-order chi connectivity index (χ1) is 8.79. The summed E-state index contributed by atoms with van der Waals surface area (Å²) in [6, 6.07) is 2.18. The fourth-order valence-electron chi connectivity index (χ4n) is 1.38. The molecule has 1 rings (SSSR count). The number of halogens is 1. The number of nitrogens with one attached hydrogen (secondary N) is 1. The van der Waals surface area contributed by atoms with Crippen molar-refractivity contribution in [3.63, 3.8) is 0 Å². The van der Waals surface area contributed by atoms with Crippen LogP contribution in [0.25, 0.3) is 0 Å². The van der Waals surface area contributed by atoms with Crippen molar-refractivity contribution < 1.29 is 13.3 Å². The molecule has 0 aliphatic rings. The molecule has 9 heteroatoms. The summed E-state index contributed by atoms with van der Waals surface area (Å²) in [6.07, 6.45) is 0.473. The summed E-state index contributed by atoms with van der Waals surface area (Å²) in [5, 5.41) is 10.9. The molecule has 3 N–H and O–H groups in total. The van der Waals surface area contributed by atoms with E-state index >= 15 is 0 Å². The van der Waals surface area contributed by atoms with Gasteiger partial charge < -0.3 is 5.73 Å². The minimum Gasteiger partial charge on any atom is -0.330 e. The number of hydrogen-bond donors (Lipinski definition) is 2. The molecule has 0 aromatic heterocycles. The number of sulfonamides is 1. The molecule has 0 amide bonds. The van der Waals surface area contributed by atoms with Gasteiger partial charge in [-0.05, 0) is 26.0 Å². The lowest BCUT2D eigenvalue weighted by Gasteiger charge is -2.08. The highest BCUT2D eigenvalue weighted by Gasteiger charge is 2.21. The Hall–Kier alpha value is -1.22. The van der Waals surface area contributed by atoms with E-state index in [1.165, 1.54) is 13.0 Å². The quantitative estimate of drug-likeness (QED) is 0.465. The molecule has 1 aromatic rings. The molecule has 0 radical (unpaired) electrons. The number of nitro groups is 1. The normalized spacial score (nSPS) is 11.5. The Balaban J connectivity index is 3.17. The van der Waals surface area contributed by atoms with E-state index in [0.717, 1.165) is 6.07 Å². The summed E-state index contributed by atoms with van der Waals surface area (Å²) >= 11 is 5.81. The number of nitro benzene ring substituents is 1. The largest absolute Gasteiger partial charge is 0.330 e. The second-order valence-corrected chi connectivity index (χ2v) is 6.02. The third-order valence-electron chi connectivity index (χ3n) is 2.47. The molecule has 0 aliphatic heterocycles. The SMILES string of the molecule is Cc1c(Cl)cc(S(=O)(=O)NCCCN)cc1[N+](=O)[O-]. The average molecular weight is 308 g/mol. The minimum atomic E-state index is -3.82. The van der Waals surface area contributed by atoms with Crippen molar-refractivity contribution in [3.05, 3.63) is 32.8 Å². The molecule has 19 heavy (non-hydrogen) atoms. The zero-order valence-electron chi connectivity index (χ0n) is 10.2. The lowest BCUT2D eigenvalue weighted by molar-refractivity contribution is -0.385. The van der Waals surface area contributed by atoms with Crippen molar-refractivity contribution in [1.82, 2.24) is 4.72 Å². The van der Waals surface area contributed by atoms with Crippen LogP contribution in [0.5, 0.6) is 0 Å². The lowest BCUT2D eigenvalue weighted by Crippen LogP contribution is -2.26. The Kier molecular flexibility index (Phi) is 5.24. The number of nitrogens with zero attached hydrogens (tertiary/aromatic N) is 1. The fourth-order valence-corrected chi connectivity index (χ4v) is 2.78. The number of hydrogen-bond acceptors (Lipinski definition) is 5. The van der Waals surface area contributed by atoms with Crippen molar-refractivity contribution in [1.29, 1.82) is 0 Å². The molecule has 0 atom stereocenters. The molecule has 0 bridgehead atoms. The van der Waals surface area contributed by atoms with Gasteiger partial charge in [-0.1, -0.05) is 11.6 Å². The molecule has 1 aromatic carbocycles. The number of nitrogens with two attached hydrogens (primary N) is 1. The molecular formula is C10H14ClN3O4S. The van der Waals surface area contributed by atoms with Gasteiger partial charge in [0.2, 0.25) is 10.0 Å². The van der Waals surface area contributed by atoms with Crippen molar-refractivity contribution in [2.45, 2.75) is 18.2 Å². The molecule has 0 saturated carbocycles. The molecule has 0 spiro atoms. The van der Waals surface area contributed by atoms with Crippen LogP contribution < -0.4 is 10.5 Å². The van der Waals surface area contributed by atoms with Gasteiger partial charge in [0.15, 0.2) is 0 Å². The van der Waals surface area contributed by atoms with Crippen LogP contribution in [-0.4, -0.2) is 26.4 Å². The van der Waals surface area contributed by atoms with Crippen LogP contribution in [0.2, 0.25) is 5.02 Å². The Morgan fingerprint density at radius 1 is 1.47 bits per heavy atom. The molecule has 106 valence electrons. The third-order valence-corrected chi connectivity index (χ3v) is 4.30. The third kappa shape index (κ3) is 3.87. The number of benzene rings is 1. The molecular weight excluding hydrogens is 294 g/mol. The van der Waals surface area contributed by atoms with Crippen LogP contribution in [0.1, 0.15) is 12.0 Å². The van der Waals surface area contributed by atoms with Crippen LogP contribution >= 0.6 is 11.6 Å². The molecule has 0 saturated heterocycles. The van der Waals surface area contributed by atoms with E-state index < -0.39 is 14.9 Å². The monoisotopic (exact) mass is 307 g/mol. The van der Waals surface area contributed by atoms with E-state index in [1.807, 2.05) is 0 Å².